The van der Waals surface area contributed by atoms with Gasteiger partial charge in [0.2, 0.25) is 22.0 Å². The number of rotatable bonds is 4. The molecule has 0 spiro atoms. The highest BCUT2D eigenvalue weighted by atomic mass is 32.2. The summed E-state index contributed by atoms with van der Waals surface area (Å²) in [7, 11) is -3.75. The van der Waals surface area contributed by atoms with E-state index in [2.05, 4.69) is 8.75 Å². The Morgan fingerprint density at radius 2 is 1.96 bits per heavy atom. The lowest BCUT2D eigenvalue weighted by molar-refractivity contribution is -0.497. The fraction of sp³-hybridized carbons (Fsp3) is 0.500. The molecule has 1 saturated carbocycles. The van der Waals surface area contributed by atoms with E-state index in [4.69, 9.17) is 0 Å². The third kappa shape index (κ3) is 2.83. The van der Waals surface area contributed by atoms with Crippen molar-refractivity contribution in [2.45, 2.75) is 17.4 Å². The van der Waals surface area contributed by atoms with Crippen molar-refractivity contribution in [1.82, 2.24) is 18.0 Å². The van der Waals surface area contributed by atoms with Crippen molar-refractivity contribution in [3.8, 4) is 0 Å². The van der Waals surface area contributed by atoms with Crippen molar-refractivity contribution in [3.05, 3.63) is 28.3 Å². The molecule has 26 heavy (non-hydrogen) atoms. The molecule has 0 unspecified atom stereocenters. The zero-order valence-electron chi connectivity index (χ0n) is 13.5. The van der Waals surface area contributed by atoms with Crippen LogP contribution in [-0.2, 0) is 14.8 Å². The second kappa shape index (κ2) is 6.21. The van der Waals surface area contributed by atoms with Crippen molar-refractivity contribution in [2.75, 3.05) is 26.2 Å². The van der Waals surface area contributed by atoms with Crippen LogP contribution in [0.5, 0.6) is 0 Å². The maximum absolute atomic E-state index is 12.9. The molecule has 2 fully saturated rings. The Balaban J connectivity index is 1.47. The number of piperazine rings is 1. The minimum atomic E-state index is -3.75. The van der Waals surface area contributed by atoms with Gasteiger partial charge in [0.25, 0.3) is 0 Å². The highest BCUT2D eigenvalue weighted by Gasteiger charge is 2.54. The molecule has 4 rings (SSSR count). The fourth-order valence-electron chi connectivity index (χ4n) is 3.19. The van der Waals surface area contributed by atoms with Gasteiger partial charge in [0, 0.05) is 37.5 Å². The molecule has 2 aliphatic rings. The largest absolute Gasteiger partial charge is 0.340 e. The van der Waals surface area contributed by atoms with Crippen molar-refractivity contribution >= 4 is 38.7 Å². The monoisotopic (exact) mass is 397 g/mol. The minimum absolute atomic E-state index is 0.110. The van der Waals surface area contributed by atoms with Crippen LogP contribution in [0, 0.1) is 16.0 Å². The normalized spacial score (nSPS) is 23.9. The first-order chi connectivity index (χ1) is 12.4. The van der Waals surface area contributed by atoms with Gasteiger partial charge < -0.3 is 4.90 Å². The smallest absolute Gasteiger partial charge is 0.245 e. The van der Waals surface area contributed by atoms with Gasteiger partial charge in [-0.15, -0.1) is 0 Å². The first-order valence-corrected chi connectivity index (χ1v) is 10.2. The van der Waals surface area contributed by atoms with E-state index in [1.165, 1.54) is 15.3 Å². The third-order valence-corrected chi connectivity index (χ3v) is 7.23. The number of hydrogen-bond donors (Lipinski definition) is 0. The molecule has 10 nitrogen and oxygen atoms in total. The number of fused-ring (bicyclic) bond motifs is 1. The van der Waals surface area contributed by atoms with Gasteiger partial charge in [0.05, 0.1) is 11.7 Å². The van der Waals surface area contributed by atoms with Gasteiger partial charge in [-0.3, -0.25) is 14.9 Å². The number of aromatic nitrogens is 2. The van der Waals surface area contributed by atoms with Crippen LogP contribution < -0.4 is 0 Å². The van der Waals surface area contributed by atoms with Gasteiger partial charge in [0.15, 0.2) is 0 Å². The average Bonchev–Trinajstić information content (AvgIpc) is 3.30. The van der Waals surface area contributed by atoms with Crippen LogP contribution in [0.25, 0.3) is 11.0 Å². The summed E-state index contributed by atoms with van der Waals surface area (Å²) < 4.78 is 35.3. The number of sulfonamides is 1. The van der Waals surface area contributed by atoms with E-state index < -0.39 is 26.9 Å². The molecular formula is C14H15N5O5S2. The molecule has 138 valence electrons. The first-order valence-electron chi connectivity index (χ1n) is 8.03. The van der Waals surface area contributed by atoms with E-state index in [0.29, 0.717) is 11.0 Å². The Kier molecular flexibility index (Phi) is 4.12. The number of carbonyl (C=O) groups excluding carboxylic acids is 1. The number of amides is 1. The van der Waals surface area contributed by atoms with Gasteiger partial charge in [-0.1, -0.05) is 6.07 Å². The summed E-state index contributed by atoms with van der Waals surface area (Å²) in [5.74, 6) is -0.822. The summed E-state index contributed by atoms with van der Waals surface area (Å²) in [6.45, 7) is 0.754. The van der Waals surface area contributed by atoms with Crippen molar-refractivity contribution < 1.29 is 18.1 Å². The first kappa shape index (κ1) is 17.2. The van der Waals surface area contributed by atoms with Crippen molar-refractivity contribution in [3.63, 3.8) is 0 Å². The lowest BCUT2D eigenvalue weighted by Gasteiger charge is -2.34. The fourth-order valence-corrected chi connectivity index (χ4v) is 5.37. The van der Waals surface area contributed by atoms with Gasteiger partial charge >= 0.3 is 0 Å². The van der Waals surface area contributed by atoms with E-state index in [1.54, 1.807) is 12.1 Å². The molecule has 1 amide bonds. The molecule has 0 N–H and O–H groups in total. The summed E-state index contributed by atoms with van der Waals surface area (Å²) in [5, 5.41) is 10.7. The second-order valence-electron chi connectivity index (χ2n) is 6.31. The molecule has 0 bridgehead atoms. The quantitative estimate of drug-likeness (QED) is 0.532. The topological polar surface area (TPSA) is 127 Å². The van der Waals surface area contributed by atoms with E-state index in [1.807, 2.05) is 0 Å². The molecule has 12 heteroatoms. The van der Waals surface area contributed by atoms with E-state index in [-0.39, 0.29) is 43.4 Å². The number of hydrogen-bond acceptors (Lipinski definition) is 8. The predicted molar refractivity (Wildman–Crippen MR) is 91.6 cm³/mol. The van der Waals surface area contributed by atoms with E-state index in [9.17, 15) is 23.3 Å². The summed E-state index contributed by atoms with van der Waals surface area (Å²) in [4.78, 5) is 24.2. The lowest BCUT2D eigenvalue weighted by atomic mass is 10.3. The Labute approximate surface area is 152 Å². The SMILES string of the molecule is O=C([C@H]1C[C@H]1[N+](=O)[O-])N1CCN(S(=O)(=O)c2cccc3nsnc23)CC1. The van der Waals surface area contributed by atoms with Crippen LogP contribution in [0.4, 0.5) is 0 Å². The Morgan fingerprint density at radius 3 is 2.62 bits per heavy atom. The molecular weight excluding hydrogens is 382 g/mol. The van der Waals surface area contributed by atoms with Gasteiger partial charge in [-0.05, 0) is 12.1 Å². The highest BCUT2D eigenvalue weighted by Crippen LogP contribution is 2.35. The molecule has 1 aromatic heterocycles. The maximum Gasteiger partial charge on any atom is 0.245 e. The van der Waals surface area contributed by atoms with Crippen LogP contribution in [0.2, 0.25) is 0 Å². The number of carbonyl (C=O) groups is 1. The molecule has 2 atom stereocenters. The predicted octanol–water partition coefficient (Wildman–Crippen LogP) is 0.189. The van der Waals surface area contributed by atoms with Gasteiger partial charge in [0.1, 0.15) is 21.8 Å². The molecule has 0 radical (unpaired) electrons. The van der Waals surface area contributed by atoms with Gasteiger partial charge in [-0.2, -0.15) is 13.1 Å². The molecule has 1 saturated heterocycles. The number of nitro groups is 1. The van der Waals surface area contributed by atoms with E-state index >= 15 is 0 Å². The van der Waals surface area contributed by atoms with Crippen molar-refractivity contribution in [2.24, 2.45) is 5.92 Å². The zero-order chi connectivity index (χ0) is 18.5. The summed E-state index contributed by atoms with van der Waals surface area (Å²) in [6, 6.07) is 4.04. The Morgan fingerprint density at radius 1 is 1.23 bits per heavy atom. The van der Waals surface area contributed by atoms with Gasteiger partial charge in [-0.25, -0.2) is 8.42 Å². The average molecular weight is 397 g/mol. The molecule has 1 aliphatic heterocycles. The van der Waals surface area contributed by atoms with Crippen LogP contribution in [0.3, 0.4) is 0 Å². The standard InChI is InChI=1S/C14H15N5O5S2/c20-14(9-8-11(9)19(21)22)17-4-6-18(7-5-17)26(23,24)12-3-1-2-10-13(12)16-25-15-10/h1-3,9,11H,4-8H2/t9-,11+/m0/s1. The molecule has 1 aromatic carbocycles. The zero-order valence-corrected chi connectivity index (χ0v) is 15.1. The number of nitrogens with zero attached hydrogens (tertiary/aromatic N) is 5. The summed E-state index contributed by atoms with van der Waals surface area (Å²) >= 11 is 0.956. The lowest BCUT2D eigenvalue weighted by Crippen LogP contribution is -2.51. The highest BCUT2D eigenvalue weighted by molar-refractivity contribution is 7.89. The third-order valence-electron chi connectivity index (χ3n) is 4.76. The maximum atomic E-state index is 12.9. The van der Waals surface area contributed by atoms with Crippen LogP contribution in [0.1, 0.15) is 6.42 Å². The van der Waals surface area contributed by atoms with Crippen molar-refractivity contribution in [1.29, 1.82) is 0 Å². The minimum Gasteiger partial charge on any atom is -0.340 e. The molecule has 2 heterocycles. The van der Waals surface area contributed by atoms with Crippen LogP contribution in [-0.4, -0.2) is 69.4 Å². The second-order valence-corrected chi connectivity index (χ2v) is 8.75. The Hall–Kier alpha value is -2.18. The summed E-state index contributed by atoms with van der Waals surface area (Å²) in [5.41, 5.74) is 0.882. The Bertz CT molecular complexity index is 983. The van der Waals surface area contributed by atoms with E-state index in [0.717, 1.165) is 11.7 Å². The molecule has 1 aliphatic carbocycles. The summed E-state index contributed by atoms with van der Waals surface area (Å²) in [6.07, 6.45) is 0.267. The van der Waals surface area contributed by atoms with Crippen LogP contribution >= 0.6 is 11.7 Å². The number of benzene rings is 1. The molecule has 2 aromatic rings. The van der Waals surface area contributed by atoms with Crippen LogP contribution in [0.15, 0.2) is 23.1 Å².